The predicted molar refractivity (Wildman–Crippen MR) is 68.8 cm³/mol. The van der Waals surface area contributed by atoms with Crippen LogP contribution in [0.1, 0.15) is 0 Å². The average Bonchev–Trinajstić information content (AvgIpc) is 2.34. The molecule has 0 radical (unpaired) electrons. The van der Waals surface area contributed by atoms with E-state index in [-0.39, 0.29) is 0 Å². The summed E-state index contributed by atoms with van der Waals surface area (Å²) in [4.78, 5) is 43.6. The van der Waals surface area contributed by atoms with E-state index in [0.717, 1.165) is 0 Å². The van der Waals surface area contributed by atoms with E-state index in [4.69, 9.17) is 19.6 Å². The number of aliphatic hydroxyl groups is 4. The maximum atomic E-state index is 11.5. The molecule has 1 saturated carbocycles. The number of rotatable bonds is 6. The largest absolute Gasteiger partial charge is 0.481 e. The van der Waals surface area contributed by atoms with Gasteiger partial charge in [-0.25, -0.2) is 13.7 Å². The molecule has 7 unspecified atom stereocenters. The van der Waals surface area contributed by atoms with Gasteiger partial charge in [-0.2, -0.15) is 4.31 Å². The van der Waals surface area contributed by atoms with Crippen molar-refractivity contribution in [3.63, 3.8) is 0 Å². The second-order valence-electron chi connectivity index (χ2n) is 4.63. The summed E-state index contributed by atoms with van der Waals surface area (Å²) in [5.41, 5.74) is 0. The lowest BCUT2D eigenvalue weighted by Gasteiger charge is -2.43. The van der Waals surface area contributed by atoms with Gasteiger partial charge in [-0.05, 0) is 0 Å². The Labute approximate surface area is 133 Å². The van der Waals surface area contributed by atoms with E-state index < -0.39 is 60.1 Å². The standard InChI is InChI=1S/C6H15O15P3/c7-1-2(8)4(10)6(5(3(1)9)19-22(11,12)13)20-24(17,18)21-23(14,15)16/h1-10H,(H,17,18)(H2,11,12,13)(H2,14,15,16). The second kappa shape index (κ2) is 7.45. The summed E-state index contributed by atoms with van der Waals surface area (Å²) in [5.74, 6) is 0. The summed E-state index contributed by atoms with van der Waals surface area (Å²) >= 11 is 0. The van der Waals surface area contributed by atoms with Crippen LogP contribution in [0.4, 0.5) is 0 Å². The number of hydrogen-bond donors (Lipinski definition) is 9. The molecule has 1 fully saturated rings. The normalized spacial score (nSPS) is 37.9. The Kier molecular flexibility index (Phi) is 6.90. The summed E-state index contributed by atoms with van der Waals surface area (Å²) in [7, 11) is -16.6. The van der Waals surface area contributed by atoms with Crippen LogP contribution in [0.3, 0.4) is 0 Å². The van der Waals surface area contributed by atoms with E-state index in [2.05, 4.69) is 13.4 Å². The molecule has 0 aromatic rings. The Morgan fingerprint density at radius 3 is 1.29 bits per heavy atom. The molecule has 24 heavy (non-hydrogen) atoms. The zero-order chi connectivity index (χ0) is 19.1. The minimum Gasteiger partial charge on any atom is -0.387 e. The topological polar surface area (TPSA) is 261 Å². The summed E-state index contributed by atoms with van der Waals surface area (Å²) in [5, 5.41) is 38.3. The SMILES string of the molecule is O=P(O)(O)OC1C(O)C(O)C(O)C(O)C1OP(=O)(O)OP(=O)(O)O. The van der Waals surface area contributed by atoms with Crippen molar-refractivity contribution in [2.75, 3.05) is 0 Å². The van der Waals surface area contributed by atoms with Gasteiger partial charge in [0.05, 0.1) is 0 Å². The zero-order valence-electron chi connectivity index (χ0n) is 11.3. The van der Waals surface area contributed by atoms with Crippen LogP contribution in [0.2, 0.25) is 0 Å². The fraction of sp³-hybridized carbons (Fsp3) is 1.00. The summed E-state index contributed by atoms with van der Waals surface area (Å²) in [6.07, 6.45) is -13.9. The summed E-state index contributed by atoms with van der Waals surface area (Å²) in [6.45, 7) is 0. The van der Waals surface area contributed by atoms with E-state index in [1.165, 1.54) is 0 Å². The number of phosphoric acid groups is 3. The quantitative estimate of drug-likeness (QED) is 0.189. The maximum absolute atomic E-state index is 11.5. The molecule has 15 nitrogen and oxygen atoms in total. The highest BCUT2D eigenvalue weighted by molar-refractivity contribution is 7.60. The summed E-state index contributed by atoms with van der Waals surface area (Å²) < 4.78 is 44.5. The molecular weight excluding hydrogens is 405 g/mol. The van der Waals surface area contributed by atoms with Gasteiger partial charge in [-0.3, -0.25) is 9.05 Å². The summed E-state index contributed by atoms with van der Waals surface area (Å²) in [6, 6.07) is 0. The van der Waals surface area contributed by atoms with Gasteiger partial charge in [-0.15, -0.1) is 0 Å². The third-order valence-electron chi connectivity index (χ3n) is 2.77. The molecule has 0 amide bonds. The highest BCUT2D eigenvalue weighted by Crippen LogP contribution is 2.59. The van der Waals surface area contributed by atoms with Gasteiger partial charge in [0, 0.05) is 0 Å². The second-order valence-corrected chi connectivity index (χ2v) is 8.61. The Morgan fingerprint density at radius 1 is 0.583 bits per heavy atom. The highest BCUT2D eigenvalue weighted by Gasteiger charge is 2.54. The molecule has 0 saturated heterocycles. The molecule has 0 aromatic carbocycles. The Morgan fingerprint density at radius 2 is 0.958 bits per heavy atom. The Balaban J connectivity index is 3.14. The van der Waals surface area contributed by atoms with Crippen LogP contribution in [0, 0.1) is 0 Å². The smallest absolute Gasteiger partial charge is 0.387 e. The molecule has 0 bridgehead atoms. The van der Waals surface area contributed by atoms with Crippen LogP contribution < -0.4 is 0 Å². The third kappa shape index (κ3) is 6.18. The van der Waals surface area contributed by atoms with Gasteiger partial charge in [0.15, 0.2) is 0 Å². The fourth-order valence-corrected chi connectivity index (χ4v) is 4.24. The van der Waals surface area contributed by atoms with Crippen LogP contribution in [0.5, 0.6) is 0 Å². The average molecular weight is 420 g/mol. The van der Waals surface area contributed by atoms with E-state index in [1.54, 1.807) is 0 Å². The van der Waals surface area contributed by atoms with E-state index in [0.29, 0.717) is 0 Å². The van der Waals surface area contributed by atoms with Crippen molar-refractivity contribution in [2.45, 2.75) is 36.6 Å². The first-order valence-corrected chi connectivity index (χ1v) is 10.3. The molecule has 1 rings (SSSR count). The molecule has 144 valence electrons. The van der Waals surface area contributed by atoms with Crippen LogP contribution in [0.25, 0.3) is 0 Å². The first-order chi connectivity index (χ1) is 10.5. The predicted octanol–water partition coefficient (Wildman–Crippen LogP) is -3.48. The van der Waals surface area contributed by atoms with Crippen molar-refractivity contribution in [2.24, 2.45) is 0 Å². The van der Waals surface area contributed by atoms with Crippen LogP contribution in [-0.4, -0.2) is 81.5 Å². The number of phosphoric ester groups is 2. The maximum Gasteiger partial charge on any atom is 0.481 e. The van der Waals surface area contributed by atoms with Crippen molar-refractivity contribution >= 4 is 23.5 Å². The van der Waals surface area contributed by atoms with Gasteiger partial charge in [-0.1, -0.05) is 0 Å². The molecule has 7 atom stereocenters. The van der Waals surface area contributed by atoms with Gasteiger partial charge < -0.3 is 44.9 Å². The van der Waals surface area contributed by atoms with Crippen molar-refractivity contribution in [1.29, 1.82) is 0 Å². The zero-order valence-corrected chi connectivity index (χ0v) is 14.0. The van der Waals surface area contributed by atoms with E-state index >= 15 is 0 Å². The first-order valence-electron chi connectivity index (χ1n) is 5.78. The molecule has 0 aliphatic heterocycles. The van der Waals surface area contributed by atoms with Gasteiger partial charge in [0.25, 0.3) is 0 Å². The lowest BCUT2D eigenvalue weighted by Crippen LogP contribution is -2.64. The minimum atomic E-state index is -5.66. The van der Waals surface area contributed by atoms with Crippen molar-refractivity contribution < 1.29 is 71.9 Å². The van der Waals surface area contributed by atoms with Crippen molar-refractivity contribution in [1.82, 2.24) is 0 Å². The molecular formula is C6H15O15P3. The molecule has 0 heterocycles. The van der Waals surface area contributed by atoms with Crippen molar-refractivity contribution in [3.05, 3.63) is 0 Å². The molecule has 18 heteroatoms. The van der Waals surface area contributed by atoms with Gasteiger partial charge >= 0.3 is 23.5 Å². The lowest BCUT2D eigenvalue weighted by atomic mass is 9.85. The first kappa shape index (κ1) is 22.3. The molecule has 9 N–H and O–H groups in total. The fourth-order valence-electron chi connectivity index (χ4n) is 1.89. The highest BCUT2D eigenvalue weighted by atomic mass is 31.3. The Hall–Kier alpha value is 0.210. The number of aliphatic hydroxyl groups excluding tert-OH is 4. The lowest BCUT2D eigenvalue weighted by molar-refractivity contribution is -0.215. The van der Waals surface area contributed by atoms with E-state index in [1.807, 2.05) is 0 Å². The minimum absolute atomic E-state index is 2.20. The van der Waals surface area contributed by atoms with Crippen LogP contribution in [0.15, 0.2) is 0 Å². The van der Waals surface area contributed by atoms with Gasteiger partial charge in [0.1, 0.15) is 36.6 Å². The van der Waals surface area contributed by atoms with Crippen LogP contribution in [-0.2, 0) is 27.1 Å². The molecule has 0 aromatic heterocycles. The molecule has 0 spiro atoms. The number of hydrogen-bond acceptors (Lipinski definition) is 10. The van der Waals surface area contributed by atoms with Crippen LogP contribution >= 0.6 is 23.5 Å². The molecule has 1 aliphatic rings. The van der Waals surface area contributed by atoms with E-state index in [9.17, 15) is 39.0 Å². The third-order valence-corrected chi connectivity index (χ3v) is 5.47. The monoisotopic (exact) mass is 420 g/mol. The van der Waals surface area contributed by atoms with Crippen molar-refractivity contribution in [3.8, 4) is 0 Å². The van der Waals surface area contributed by atoms with Gasteiger partial charge in [0.2, 0.25) is 0 Å². The Bertz CT molecular complexity index is 580. The molecule has 1 aliphatic carbocycles.